The number of rotatable bonds is 9. The first-order chi connectivity index (χ1) is 35.5. The Bertz CT molecular complexity index is 2720. The average molecular weight is 1140 g/mol. The van der Waals surface area contributed by atoms with E-state index < -0.39 is 121 Å². The molecule has 6 aromatic carbocycles. The first-order valence-electron chi connectivity index (χ1n) is 24.9. The van der Waals surface area contributed by atoms with Gasteiger partial charge in [0.2, 0.25) is 0 Å². The third-order valence-electron chi connectivity index (χ3n) is 11.3. The Morgan fingerprint density at radius 1 is 0.304 bits per heavy atom. The van der Waals surface area contributed by atoms with E-state index in [0.29, 0.717) is 29.5 Å². The molecule has 0 saturated heterocycles. The molecule has 0 atom stereocenters. The SMILES string of the molecule is C.C.CC(C)Cc1c(F)cccc1F.CC(C)c1c(F)cccc1F.Cc1c(F)c(F)c(CC(C)C)c(F)c1F.Cc1c(F)c(F)c(F)c(C(C)C)c1F.Cc1cc(F)c(CC(C)C)c(F)c1.Cc1cc(F)cc(F)c1C(C)C. The number of hydrogen-bond acceptors (Lipinski definition) is 0. The smallest absolute Gasteiger partial charge is 0.195 e. The Balaban J connectivity index is 0. The molecule has 6 aromatic rings. The summed E-state index contributed by atoms with van der Waals surface area (Å²) in [7, 11) is 0. The Morgan fingerprint density at radius 3 is 0.975 bits per heavy atom. The molecular weight excluding hydrogens is 1060 g/mol. The van der Waals surface area contributed by atoms with Gasteiger partial charge in [0.25, 0.3) is 0 Å². The zero-order chi connectivity index (χ0) is 59.7. The van der Waals surface area contributed by atoms with Gasteiger partial charge in [0, 0.05) is 45.0 Å². The zero-order valence-electron chi connectivity index (χ0n) is 46.4. The van der Waals surface area contributed by atoms with Crippen LogP contribution in [0, 0.1) is 139 Å². The summed E-state index contributed by atoms with van der Waals surface area (Å²) in [5.41, 5.74) is 0.499. The second-order valence-electron chi connectivity index (χ2n) is 20.6. The molecule has 0 nitrogen and oxygen atoms in total. The minimum absolute atomic E-state index is 0. The normalized spacial score (nSPS) is 10.7. The molecule has 0 saturated carbocycles. The minimum atomic E-state index is -1.60. The van der Waals surface area contributed by atoms with Crippen molar-refractivity contribution in [2.45, 2.75) is 163 Å². The monoisotopic (exact) mass is 1140 g/mol. The van der Waals surface area contributed by atoms with Gasteiger partial charge in [-0.1, -0.05) is 110 Å². The highest BCUT2D eigenvalue weighted by atomic mass is 19.2. The molecule has 79 heavy (non-hydrogen) atoms. The molecule has 0 aliphatic rings. The topological polar surface area (TPSA) is 0 Å². The van der Waals surface area contributed by atoms with Gasteiger partial charge in [-0.05, 0) is 142 Å². The summed E-state index contributed by atoms with van der Waals surface area (Å²) >= 11 is 0. The highest BCUT2D eigenvalue weighted by Gasteiger charge is 2.25. The standard InChI is InChI=1S/C11H12F4.C11H14F2.C10H10F4.2C10H12F2.C9H10F2.2CH4/c1-5(2)4-7-10(14)8(12)6(3)9(13)11(7)15;1-7(2)4-9-10(12)5-8(3)6-11(9)13;1-4(2)6-7(11)5(3)8(12)10(14)9(6)13;1-6(2)10-7(3)4-8(11)5-9(10)12;1-7(2)6-8-9(11)4-3-5-10(8)12;1-6(2)9-7(10)4-3-5-8(9)11;;/h5H,4H2,1-3H3;5-7H,4H2,1-3H3;4H,1-3H3;4-6H,1-3H3;3-5,7H,6H2,1-2H3;3-6H,1-2H3;2*1H4. The summed E-state index contributed by atoms with van der Waals surface area (Å²) < 4.78 is 209. The lowest BCUT2D eigenvalue weighted by Gasteiger charge is -2.12. The molecule has 0 aromatic heterocycles. The number of hydrogen-bond donors (Lipinski definition) is 0. The fourth-order valence-electron chi connectivity index (χ4n) is 7.63. The lowest BCUT2D eigenvalue weighted by molar-refractivity contribution is 0.415. The Morgan fingerprint density at radius 2 is 0.633 bits per heavy atom. The molecule has 0 aliphatic heterocycles. The average Bonchev–Trinajstić information content (AvgIpc) is 3.30. The van der Waals surface area contributed by atoms with E-state index in [1.54, 1.807) is 41.5 Å². The molecule has 0 radical (unpaired) electrons. The van der Waals surface area contributed by atoms with Gasteiger partial charge in [0.1, 0.15) is 52.4 Å². The number of aryl methyl sites for hydroxylation is 2. The van der Waals surface area contributed by atoms with Gasteiger partial charge in [0.15, 0.2) is 40.7 Å². The van der Waals surface area contributed by atoms with Crippen LogP contribution in [0.25, 0.3) is 0 Å². The van der Waals surface area contributed by atoms with Crippen LogP contribution in [0.1, 0.15) is 171 Å². The van der Waals surface area contributed by atoms with Crippen molar-refractivity contribution in [2.75, 3.05) is 0 Å². The van der Waals surface area contributed by atoms with E-state index in [4.69, 9.17) is 0 Å². The third-order valence-corrected chi connectivity index (χ3v) is 11.3. The largest absolute Gasteiger partial charge is 0.207 e. The van der Waals surface area contributed by atoms with Crippen molar-refractivity contribution < 1.29 is 70.2 Å². The lowest BCUT2D eigenvalue weighted by atomic mass is 9.97. The molecule has 0 unspecified atom stereocenters. The highest BCUT2D eigenvalue weighted by molar-refractivity contribution is 5.33. The molecule has 0 heterocycles. The van der Waals surface area contributed by atoms with Gasteiger partial charge in [0.05, 0.1) is 0 Å². The molecule has 0 N–H and O–H groups in total. The van der Waals surface area contributed by atoms with Crippen molar-refractivity contribution in [1.29, 1.82) is 0 Å². The van der Waals surface area contributed by atoms with E-state index in [9.17, 15) is 70.2 Å². The van der Waals surface area contributed by atoms with Gasteiger partial charge in [-0.2, -0.15) is 0 Å². The first kappa shape index (κ1) is 75.3. The van der Waals surface area contributed by atoms with Crippen LogP contribution in [0.3, 0.4) is 0 Å². The van der Waals surface area contributed by atoms with Gasteiger partial charge < -0.3 is 0 Å². The van der Waals surface area contributed by atoms with Crippen molar-refractivity contribution >= 4 is 0 Å². The predicted octanol–water partition coefficient (Wildman–Crippen LogP) is 21.8. The number of halogens is 16. The first-order valence-corrected chi connectivity index (χ1v) is 24.9. The summed E-state index contributed by atoms with van der Waals surface area (Å²) in [6, 6.07) is 12.9. The Labute approximate surface area is 458 Å². The molecule has 0 amide bonds. The number of benzene rings is 6. The third kappa shape index (κ3) is 22.3. The minimum Gasteiger partial charge on any atom is -0.207 e. The molecule has 0 fully saturated rings. The van der Waals surface area contributed by atoms with Gasteiger partial charge in [-0.15, -0.1) is 0 Å². The molecule has 0 aliphatic carbocycles. The Kier molecular flexibility index (Phi) is 32.7. The van der Waals surface area contributed by atoms with E-state index in [2.05, 4.69) is 0 Å². The summed E-state index contributed by atoms with van der Waals surface area (Å²) in [5, 5.41) is 0. The van der Waals surface area contributed by atoms with E-state index in [-0.39, 0.29) is 67.6 Å². The van der Waals surface area contributed by atoms with Gasteiger partial charge >= 0.3 is 0 Å². The van der Waals surface area contributed by atoms with Gasteiger partial charge in [-0.25, -0.2) is 70.2 Å². The Hall–Kier alpha value is -5.80. The van der Waals surface area contributed by atoms with Crippen molar-refractivity contribution in [3.63, 3.8) is 0 Å². The van der Waals surface area contributed by atoms with Crippen LogP contribution >= 0.6 is 0 Å². The van der Waals surface area contributed by atoms with Crippen LogP contribution in [0.2, 0.25) is 0 Å². The molecule has 0 spiro atoms. The van der Waals surface area contributed by atoms with Gasteiger partial charge in [-0.3, -0.25) is 0 Å². The van der Waals surface area contributed by atoms with E-state index in [1.807, 2.05) is 41.5 Å². The van der Waals surface area contributed by atoms with Crippen molar-refractivity contribution in [2.24, 2.45) is 17.8 Å². The van der Waals surface area contributed by atoms with Crippen molar-refractivity contribution in [3.8, 4) is 0 Å². The van der Waals surface area contributed by atoms with Crippen LogP contribution in [0.5, 0.6) is 0 Å². The van der Waals surface area contributed by atoms with Crippen LogP contribution in [-0.2, 0) is 19.3 Å². The fraction of sp³-hybridized carbons (Fsp3) is 0.429. The van der Waals surface area contributed by atoms with E-state index >= 15 is 0 Å². The quantitative estimate of drug-likeness (QED) is 0.0769. The van der Waals surface area contributed by atoms with Crippen molar-refractivity contribution in [3.05, 3.63) is 209 Å². The molecular formula is C63H78F16. The summed E-state index contributed by atoms with van der Waals surface area (Å²) in [6.07, 6.45) is 0.891. The second-order valence-corrected chi connectivity index (χ2v) is 20.6. The molecule has 6 rings (SSSR count). The second kappa shape index (κ2) is 34.4. The zero-order valence-corrected chi connectivity index (χ0v) is 46.4. The molecule has 16 heteroatoms. The predicted molar refractivity (Wildman–Crippen MR) is 288 cm³/mol. The maximum atomic E-state index is 13.3. The van der Waals surface area contributed by atoms with Crippen LogP contribution in [0.4, 0.5) is 70.2 Å². The maximum absolute atomic E-state index is 13.3. The van der Waals surface area contributed by atoms with E-state index in [1.165, 1.54) is 68.4 Å². The highest BCUT2D eigenvalue weighted by Crippen LogP contribution is 2.30. The molecule has 0 bridgehead atoms. The molecule has 442 valence electrons. The van der Waals surface area contributed by atoms with Crippen molar-refractivity contribution in [1.82, 2.24) is 0 Å². The fourth-order valence-corrected chi connectivity index (χ4v) is 7.63. The van der Waals surface area contributed by atoms with Crippen LogP contribution in [0.15, 0.2) is 60.7 Å². The summed E-state index contributed by atoms with van der Waals surface area (Å²) in [5.74, 6) is -14.3. The maximum Gasteiger partial charge on any atom is 0.195 e. The lowest BCUT2D eigenvalue weighted by Crippen LogP contribution is -2.08. The summed E-state index contributed by atoms with van der Waals surface area (Å²) in [6.45, 7) is 27.0. The van der Waals surface area contributed by atoms with Crippen LogP contribution in [-0.4, -0.2) is 0 Å². The van der Waals surface area contributed by atoms with Crippen LogP contribution < -0.4 is 0 Å². The summed E-state index contributed by atoms with van der Waals surface area (Å²) in [4.78, 5) is 0. The van der Waals surface area contributed by atoms with E-state index in [0.717, 1.165) is 19.9 Å².